The van der Waals surface area contributed by atoms with E-state index in [1.807, 2.05) is 0 Å². The van der Waals surface area contributed by atoms with E-state index in [0.717, 1.165) is 0 Å². The van der Waals surface area contributed by atoms with Gasteiger partial charge in [0.15, 0.2) is 0 Å². The second-order valence-corrected chi connectivity index (χ2v) is 3.27. The molecule has 0 aliphatic heterocycles. The highest BCUT2D eigenvalue weighted by atomic mass is 16.4. The van der Waals surface area contributed by atoms with Gasteiger partial charge in [-0.1, -0.05) is 0 Å². The van der Waals surface area contributed by atoms with Crippen molar-refractivity contribution in [2.24, 2.45) is 5.73 Å². The van der Waals surface area contributed by atoms with Crippen molar-refractivity contribution >= 4 is 5.91 Å². The zero-order valence-corrected chi connectivity index (χ0v) is 8.50. The molecule has 7 nitrogen and oxygen atoms in total. The van der Waals surface area contributed by atoms with Crippen LogP contribution in [-0.2, 0) is 4.79 Å². The van der Waals surface area contributed by atoms with Gasteiger partial charge in [-0.25, -0.2) is 0 Å². The molecule has 1 amide bonds. The molecule has 0 aromatic heterocycles. The molecular weight excluding hydrogens is 204 g/mol. The summed E-state index contributed by atoms with van der Waals surface area (Å²) >= 11 is 0. The lowest BCUT2D eigenvalue weighted by Crippen LogP contribution is -2.55. The first-order valence-corrected chi connectivity index (χ1v) is 4.56. The molecule has 15 heavy (non-hydrogen) atoms. The van der Waals surface area contributed by atoms with E-state index in [0.29, 0.717) is 0 Å². The molecule has 0 saturated heterocycles. The third kappa shape index (κ3) is 4.54. The Kier molecular flexibility index (Phi) is 6.37. The number of carbonyl (C=O) groups is 1. The van der Waals surface area contributed by atoms with Gasteiger partial charge in [-0.15, -0.1) is 0 Å². The summed E-state index contributed by atoms with van der Waals surface area (Å²) in [6.45, 7) is 0.468. The van der Waals surface area contributed by atoms with Gasteiger partial charge in [-0.05, 0) is 0 Å². The summed E-state index contributed by atoms with van der Waals surface area (Å²) < 4.78 is 0. The first-order chi connectivity index (χ1) is 6.93. The minimum absolute atomic E-state index is 0.0873. The van der Waals surface area contributed by atoms with Gasteiger partial charge in [-0.2, -0.15) is 0 Å². The summed E-state index contributed by atoms with van der Waals surface area (Å²) in [5, 5.41) is 38.8. The van der Waals surface area contributed by atoms with Crippen LogP contribution >= 0.6 is 0 Å². The molecule has 0 saturated carbocycles. The second-order valence-electron chi connectivity index (χ2n) is 3.27. The van der Waals surface area contributed by atoms with E-state index < -0.39 is 36.9 Å². The number of aliphatic hydroxyl groups is 4. The summed E-state index contributed by atoms with van der Waals surface area (Å²) in [6.07, 6.45) is -4.46. The van der Waals surface area contributed by atoms with Crippen LogP contribution in [0.4, 0.5) is 0 Å². The largest absolute Gasteiger partial charge is 0.394 e. The monoisotopic (exact) mass is 222 g/mol. The SMILES string of the molecule is CC(=O)N[C@@H](CN)[C@@H](O)[C@H](O)[C@H](O)CO. The lowest BCUT2D eigenvalue weighted by Gasteiger charge is -2.28. The van der Waals surface area contributed by atoms with Crippen LogP contribution in [0.5, 0.6) is 0 Å². The molecule has 0 spiro atoms. The molecule has 0 fully saturated rings. The zero-order chi connectivity index (χ0) is 12.0. The summed E-state index contributed by atoms with van der Waals surface area (Å²) in [5.74, 6) is -0.407. The van der Waals surface area contributed by atoms with E-state index in [-0.39, 0.29) is 6.54 Å². The van der Waals surface area contributed by atoms with Crippen molar-refractivity contribution in [3.63, 3.8) is 0 Å². The topological polar surface area (TPSA) is 136 Å². The Hall–Kier alpha value is -0.730. The van der Waals surface area contributed by atoms with Crippen LogP contribution in [0.25, 0.3) is 0 Å². The molecule has 0 aliphatic rings. The molecular formula is C8H18N2O5. The average Bonchev–Trinajstić information content (AvgIpc) is 2.22. The minimum atomic E-state index is -1.56. The highest BCUT2D eigenvalue weighted by molar-refractivity contribution is 5.73. The van der Waals surface area contributed by atoms with Gasteiger partial charge in [0.25, 0.3) is 0 Å². The molecule has 0 unspecified atom stereocenters. The summed E-state index contributed by atoms with van der Waals surface area (Å²) in [6, 6.07) is -0.862. The number of hydrogen-bond acceptors (Lipinski definition) is 6. The van der Waals surface area contributed by atoms with E-state index in [4.69, 9.17) is 15.9 Å². The Morgan fingerprint density at radius 3 is 2.20 bits per heavy atom. The van der Waals surface area contributed by atoms with Gasteiger partial charge in [0.05, 0.1) is 12.6 Å². The maximum Gasteiger partial charge on any atom is 0.217 e. The molecule has 7 N–H and O–H groups in total. The average molecular weight is 222 g/mol. The molecule has 0 aromatic rings. The van der Waals surface area contributed by atoms with E-state index >= 15 is 0 Å². The molecule has 0 heterocycles. The fraction of sp³-hybridized carbons (Fsp3) is 0.875. The number of amides is 1. The van der Waals surface area contributed by atoms with Crippen molar-refractivity contribution in [2.45, 2.75) is 31.3 Å². The van der Waals surface area contributed by atoms with Crippen molar-refractivity contribution in [2.75, 3.05) is 13.2 Å². The van der Waals surface area contributed by atoms with Crippen LogP contribution in [0.2, 0.25) is 0 Å². The molecule has 90 valence electrons. The van der Waals surface area contributed by atoms with E-state index in [2.05, 4.69) is 5.32 Å². The van der Waals surface area contributed by atoms with Crippen LogP contribution in [0.15, 0.2) is 0 Å². The molecule has 0 rings (SSSR count). The van der Waals surface area contributed by atoms with E-state index in [1.165, 1.54) is 6.92 Å². The predicted molar refractivity (Wildman–Crippen MR) is 51.8 cm³/mol. The van der Waals surface area contributed by atoms with Gasteiger partial charge in [-0.3, -0.25) is 4.79 Å². The van der Waals surface area contributed by atoms with Crippen molar-refractivity contribution in [1.82, 2.24) is 5.32 Å². The number of aliphatic hydroxyl groups excluding tert-OH is 4. The molecule has 0 bridgehead atoms. The van der Waals surface area contributed by atoms with Gasteiger partial charge < -0.3 is 31.5 Å². The van der Waals surface area contributed by atoms with Crippen LogP contribution in [0, 0.1) is 0 Å². The maximum absolute atomic E-state index is 10.7. The first kappa shape index (κ1) is 14.3. The molecule has 0 aromatic carbocycles. The number of carbonyl (C=O) groups excluding carboxylic acids is 1. The fourth-order valence-corrected chi connectivity index (χ4v) is 1.12. The summed E-state index contributed by atoms with van der Waals surface area (Å²) in [7, 11) is 0. The van der Waals surface area contributed by atoms with E-state index in [9.17, 15) is 15.0 Å². The highest BCUT2D eigenvalue weighted by Gasteiger charge is 2.30. The van der Waals surface area contributed by atoms with Gasteiger partial charge in [0, 0.05) is 13.5 Å². The number of hydrogen-bond donors (Lipinski definition) is 6. The van der Waals surface area contributed by atoms with Gasteiger partial charge >= 0.3 is 0 Å². The molecule has 0 radical (unpaired) electrons. The van der Waals surface area contributed by atoms with Crippen LogP contribution < -0.4 is 11.1 Å². The fourth-order valence-electron chi connectivity index (χ4n) is 1.12. The quantitative estimate of drug-likeness (QED) is 0.276. The van der Waals surface area contributed by atoms with Crippen molar-refractivity contribution in [3.8, 4) is 0 Å². The Morgan fingerprint density at radius 2 is 1.87 bits per heavy atom. The Morgan fingerprint density at radius 1 is 1.33 bits per heavy atom. The molecule has 4 atom stereocenters. The van der Waals surface area contributed by atoms with Crippen LogP contribution in [0.3, 0.4) is 0 Å². The molecule has 0 aliphatic carbocycles. The number of nitrogens with one attached hydrogen (secondary N) is 1. The summed E-state index contributed by atoms with van der Waals surface area (Å²) in [4.78, 5) is 10.7. The molecule has 7 heteroatoms. The second kappa shape index (κ2) is 6.70. The number of nitrogens with two attached hydrogens (primary N) is 1. The third-order valence-electron chi connectivity index (χ3n) is 1.99. The van der Waals surface area contributed by atoms with Crippen molar-refractivity contribution in [3.05, 3.63) is 0 Å². The smallest absolute Gasteiger partial charge is 0.217 e. The van der Waals surface area contributed by atoms with E-state index in [1.54, 1.807) is 0 Å². The third-order valence-corrected chi connectivity index (χ3v) is 1.99. The predicted octanol–water partition coefficient (Wildman–Crippen LogP) is -3.48. The van der Waals surface area contributed by atoms with Gasteiger partial charge in [0.1, 0.15) is 18.3 Å². The van der Waals surface area contributed by atoms with Crippen molar-refractivity contribution < 1.29 is 25.2 Å². The standard InChI is InChI=1S/C8H18N2O5/c1-4(12)10-5(2-9)7(14)8(15)6(13)3-11/h5-8,11,13-15H,2-3,9H2,1H3,(H,10,12)/t5-,6+,7+,8+/m0/s1. The highest BCUT2D eigenvalue weighted by Crippen LogP contribution is 2.04. The Labute approximate surface area is 87.5 Å². The normalized spacial score (nSPS) is 19.1. The summed E-state index contributed by atoms with van der Waals surface area (Å²) in [5.41, 5.74) is 5.27. The Bertz CT molecular complexity index is 201. The first-order valence-electron chi connectivity index (χ1n) is 4.56. The lowest BCUT2D eigenvalue weighted by atomic mass is 10.0. The van der Waals surface area contributed by atoms with Gasteiger partial charge in [0.2, 0.25) is 5.91 Å². The van der Waals surface area contributed by atoms with Crippen LogP contribution in [-0.4, -0.2) is 63.8 Å². The lowest BCUT2D eigenvalue weighted by molar-refractivity contribution is -0.123. The zero-order valence-electron chi connectivity index (χ0n) is 8.50. The maximum atomic E-state index is 10.7. The number of rotatable bonds is 6. The van der Waals surface area contributed by atoms with Crippen LogP contribution in [0.1, 0.15) is 6.92 Å². The van der Waals surface area contributed by atoms with Crippen molar-refractivity contribution in [1.29, 1.82) is 0 Å². The Balaban J connectivity index is 4.35. The minimum Gasteiger partial charge on any atom is -0.394 e.